The summed E-state index contributed by atoms with van der Waals surface area (Å²) in [5.74, 6) is -0.644. The van der Waals surface area contributed by atoms with E-state index in [1.807, 2.05) is 13.8 Å². The molecule has 3 rings (SSSR count). The molecule has 1 atom stereocenters. The van der Waals surface area contributed by atoms with Crippen molar-refractivity contribution in [1.82, 2.24) is 14.8 Å². The van der Waals surface area contributed by atoms with Crippen LogP contribution in [-0.4, -0.2) is 53.6 Å². The third-order valence-electron chi connectivity index (χ3n) is 4.26. The summed E-state index contributed by atoms with van der Waals surface area (Å²) in [6, 6.07) is 4.79. The number of hydrogen-bond donors (Lipinski definition) is 1. The number of carbonyl (C=O) groups is 2. The second-order valence-corrected chi connectivity index (χ2v) is 7.43. The van der Waals surface area contributed by atoms with Crippen LogP contribution in [0.3, 0.4) is 0 Å². The predicted molar refractivity (Wildman–Crippen MR) is 99.7 cm³/mol. The van der Waals surface area contributed by atoms with E-state index in [1.165, 1.54) is 10.6 Å². The van der Waals surface area contributed by atoms with Crippen molar-refractivity contribution in [2.45, 2.75) is 26.5 Å². The molecule has 8 nitrogen and oxygen atoms in total. The van der Waals surface area contributed by atoms with Gasteiger partial charge in [-0.2, -0.15) is 0 Å². The number of nitrogens with zero attached hydrogens (tertiary/aromatic N) is 2. The Kier molecular flexibility index (Phi) is 5.86. The number of amides is 2. The Labute approximate surface area is 161 Å². The number of halogens is 1. The van der Waals surface area contributed by atoms with E-state index in [9.17, 15) is 14.4 Å². The lowest BCUT2D eigenvalue weighted by Crippen LogP contribution is -2.51. The van der Waals surface area contributed by atoms with Gasteiger partial charge in [0.1, 0.15) is 13.2 Å². The van der Waals surface area contributed by atoms with E-state index >= 15 is 0 Å². The first-order valence-electron chi connectivity index (χ1n) is 8.78. The Morgan fingerprint density at radius 2 is 2.15 bits per heavy atom. The number of hydrogen-bond acceptors (Lipinski definition) is 5. The molecule has 0 aliphatic carbocycles. The topological polar surface area (TPSA) is 93.8 Å². The highest BCUT2D eigenvalue weighted by atomic mass is 35.5. The minimum Gasteiger partial charge on any atom is -0.408 e. The van der Waals surface area contributed by atoms with Crippen LogP contribution in [0, 0.1) is 5.92 Å². The number of rotatable bonds is 6. The molecule has 1 aromatic heterocycles. The van der Waals surface area contributed by atoms with Gasteiger partial charge in [-0.1, -0.05) is 25.4 Å². The summed E-state index contributed by atoms with van der Waals surface area (Å²) in [5.41, 5.74) is 0.834. The number of aromatic nitrogens is 1. The van der Waals surface area contributed by atoms with E-state index in [1.54, 1.807) is 17.0 Å². The van der Waals surface area contributed by atoms with Crippen molar-refractivity contribution in [2.75, 3.05) is 26.2 Å². The lowest BCUT2D eigenvalue weighted by molar-refractivity contribution is -0.149. The van der Waals surface area contributed by atoms with Gasteiger partial charge in [0.2, 0.25) is 11.8 Å². The fourth-order valence-electron chi connectivity index (χ4n) is 3.04. The molecule has 1 fully saturated rings. The SMILES string of the molecule is CC(C)CN1CC(CNC(=O)Cn2c(=O)oc3cc(Cl)ccc32)OCC1=O. The fraction of sp³-hybridized carbons (Fsp3) is 0.500. The summed E-state index contributed by atoms with van der Waals surface area (Å²) >= 11 is 5.88. The third kappa shape index (κ3) is 4.70. The van der Waals surface area contributed by atoms with Crippen molar-refractivity contribution in [3.63, 3.8) is 0 Å². The van der Waals surface area contributed by atoms with Crippen LogP contribution >= 0.6 is 11.6 Å². The van der Waals surface area contributed by atoms with Crippen LogP contribution in [-0.2, 0) is 20.9 Å². The molecule has 0 radical (unpaired) electrons. The molecular formula is C18H22ClN3O5. The summed E-state index contributed by atoms with van der Waals surface area (Å²) in [7, 11) is 0. The first kappa shape index (κ1) is 19.4. The Balaban J connectivity index is 1.58. The number of morpholine rings is 1. The smallest absolute Gasteiger partial charge is 0.408 e. The Morgan fingerprint density at radius 3 is 2.89 bits per heavy atom. The van der Waals surface area contributed by atoms with Crippen LogP contribution < -0.4 is 11.1 Å². The first-order chi connectivity index (χ1) is 12.8. The predicted octanol–water partition coefficient (Wildman–Crippen LogP) is 1.25. The van der Waals surface area contributed by atoms with Crippen molar-refractivity contribution in [3.05, 3.63) is 33.8 Å². The average molecular weight is 396 g/mol. The highest BCUT2D eigenvalue weighted by molar-refractivity contribution is 6.31. The van der Waals surface area contributed by atoms with E-state index in [-0.39, 0.29) is 37.6 Å². The molecule has 1 aromatic carbocycles. The van der Waals surface area contributed by atoms with Crippen molar-refractivity contribution >= 4 is 34.5 Å². The van der Waals surface area contributed by atoms with Gasteiger partial charge in [-0.05, 0) is 18.1 Å². The van der Waals surface area contributed by atoms with E-state index in [0.29, 0.717) is 35.1 Å². The van der Waals surface area contributed by atoms with Gasteiger partial charge < -0.3 is 19.4 Å². The molecule has 1 N–H and O–H groups in total. The van der Waals surface area contributed by atoms with Crippen LogP contribution in [0.4, 0.5) is 0 Å². The van der Waals surface area contributed by atoms with Crippen molar-refractivity contribution < 1.29 is 18.7 Å². The summed E-state index contributed by atoms with van der Waals surface area (Å²) in [6.07, 6.45) is -0.276. The third-order valence-corrected chi connectivity index (χ3v) is 4.50. The molecule has 0 spiro atoms. The number of fused-ring (bicyclic) bond motifs is 1. The van der Waals surface area contributed by atoms with Gasteiger partial charge in [0.15, 0.2) is 5.58 Å². The normalized spacial score (nSPS) is 17.7. The molecule has 9 heteroatoms. The van der Waals surface area contributed by atoms with Gasteiger partial charge in [-0.3, -0.25) is 14.2 Å². The number of benzene rings is 1. The number of carbonyl (C=O) groups excluding carboxylic acids is 2. The molecular weight excluding hydrogens is 374 g/mol. The van der Waals surface area contributed by atoms with Crippen LogP contribution in [0.2, 0.25) is 5.02 Å². The zero-order valence-electron chi connectivity index (χ0n) is 15.2. The quantitative estimate of drug-likeness (QED) is 0.794. The second-order valence-electron chi connectivity index (χ2n) is 7.00. The summed E-state index contributed by atoms with van der Waals surface area (Å²) in [5, 5.41) is 3.20. The van der Waals surface area contributed by atoms with Gasteiger partial charge in [-0.25, -0.2) is 4.79 Å². The zero-order chi connectivity index (χ0) is 19.6. The number of nitrogens with one attached hydrogen (secondary N) is 1. The Hall–Kier alpha value is -2.32. The monoisotopic (exact) mass is 395 g/mol. The van der Waals surface area contributed by atoms with Gasteiger partial charge >= 0.3 is 5.76 Å². The van der Waals surface area contributed by atoms with Crippen molar-refractivity contribution in [3.8, 4) is 0 Å². The molecule has 0 saturated carbocycles. The average Bonchev–Trinajstić information content (AvgIpc) is 2.89. The maximum atomic E-state index is 12.3. The van der Waals surface area contributed by atoms with E-state index < -0.39 is 5.76 Å². The van der Waals surface area contributed by atoms with Crippen molar-refractivity contribution in [1.29, 1.82) is 0 Å². The Bertz CT molecular complexity index is 904. The van der Waals surface area contributed by atoms with E-state index in [4.69, 9.17) is 20.8 Å². The number of ether oxygens (including phenoxy) is 1. The molecule has 1 unspecified atom stereocenters. The summed E-state index contributed by atoms with van der Waals surface area (Å²) < 4.78 is 11.8. The minimum atomic E-state index is -0.620. The van der Waals surface area contributed by atoms with Crippen molar-refractivity contribution in [2.24, 2.45) is 5.92 Å². The largest absolute Gasteiger partial charge is 0.420 e. The van der Waals surface area contributed by atoms with Gasteiger partial charge in [0.05, 0.1) is 11.6 Å². The molecule has 2 heterocycles. The van der Waals surface area contributed by atoms with Crippen LogP contribution in [0.25, 0.3) is 11.1 Å². The standard InChI is InChI=1S/C18H22ClN3O5/c1-11(2)7-21-8-13(26-10-17(21)24)6-20-16(23)9-22-14-4-3-12(19)5-15(14)27-18(22)25/h3-5,11,13H,6-10H2,1-2H3,(H,20,23). The highest BCUT2D eigenvalue weighted by Crippen LogP contribution is 2.18. The van der Waals surface area contributed by atoms with Gasteiger partial charge in [0.25, 0.3) is 0 Å². The first-order valence-corrected chi connectivity index (χ1v) is 9.16. The molecule has 0 bridgehead atoms. The molecule has 2 aromatic rings. The molecule has 27 heavy (non-hydrogen) atoms. The van der Waals surface area contributed by atoms with Gasteiger partial charge in [0, 0.05) is 30.7 Å². The van der Waals surface area contributed by atoms with Gasteiger partial charge in [-0.15, -0.1) is 0 Å². The lowest BCUT2D eigenvalue weighted by atomic mass is 10.1. The minimum absolute atomic E-state index is 0.0137. The van der Waals surface area contributed by atoms with Crippen LogP contribution in [0.1, 0.15) is 13.8 Å². The lowest BCUT2D eigenvalue weighted by Gasteiger charge is -2.33. The maximum Gasteiger partial charge on any atom is 0.420 e. The molecule has 1 saturated heterocycles. The summed E-state index contributed by atoms with van der Waals surface area (Å²) in [6.45, 7) is 5.28. The maximum absolute atomic E-state index is 12.3. The molecule has 1 aliphatic rings. The zero-order valence-corrected chi connectivity index (χ0v) is 16.0. The Morgan fingerprint density at radius 1 is 1.37 bits per heavy atom. The fourth-order valence-corrected chi connectivity index (χ4v) is 3.20. The van der Waals surface area contributed by atoms with Crippen LogP contribution in [0.5, 0.6) is 0 Å². The van der Waals surface area contributed by atoms with E-state index in [2.05, 4.69) is 5.32 Å². The highest BCUT2D eigenvalue weighted by Gasteiger charge is 2.27. The number of oxazole rings is 1. The molecule has 1 aliphatic heterocycles. The van der Waals surface area contributed by atoms with Crippen LogP contribution in [0.15, 0.2) is 27.4 Å². The molecule has 146 valence electrons. The molecule has 2 amide bonds. The second kappa shape index (κ2) is 8.14. The van der Waals surface area contributed by atoms with E-state index in [0.717, 1.165) is 0 Å². The summed E-state index contributed by atoms with van der Waals surface area (Å²) in [4.78, 5) is 37.9.